The summed E-state index contributed by atoms with van der Waals surface area (Å²) in [7, 11) is 0. The minimum Gasteiger partial charge on any atom is -0.389 e. The number of hydroxylamine groups is 2. The summed E-state index contributed by atoms with van der Waals surface area (Å²) in [6, 6.07) is 1.52. The summed E-state index contributed by atoms with van der Waals surface area (Å²) < 4.78 is 4.77. The molecule has 2 heterocycles. The molecule has 0 spiro atoms. The van der Waals surface area contributed by atoms with Gasteiger partial charge in [0.25, 0.3) is 0 Å². The molecule has 1 fully saturated rings. The maximum absolute atomic E-state index is 11.6. The average Bonchev–Trinajstić information content (AvgIpc) is 2.73. The van der Waals surface area contributed by atoms with E-state index in [1.54, 1.807) is 6.92 Å². The van der Waals surface area contributed by atoms with E-state index in [1.165, 1.54) is 6.07 Å². The van der Waals surface area contributed by atoms with E-state index >= 15 is 0 Å². The van der Waals surface area contributed by atoms with Gasteiger partial charge < -0.3 is 9.63 Å². The number of hydrogen-bond donors (Lipinski definition) is 1. The van der Waals surface area contributed by atoms with Gasteiger partial charge in [-0.25, -0.2) is 5.06 Å². The van der Waals surface area contributed by atoms with Crippen molar-refractivity contribution in [2.75, 3.05) is 13.2 Å². The molecule has 6 nitrogen and oxygen atoms in total. The molecule has 1 saturated heterocycles. The molecule has 0 bridgehead atoms. The van der Waals surface area contributed by atoms with Gasteiger partial charge in [-0.15, -0.1) is 0 Å². The van der Waals surface area contributed by atoms with Crippen molar-refractivity contribution in [2.24, 2.45) is 0 Å². The lowest BCUT2D eigenvalue weighted by Crippen LogP contribution is -2.28. The van der Waals surface area contributed by atoms with Gasteiger partial charge in [0.2, 0.25) is 5.76 Å². The fourth-order valence-electron chi connectivity index (χ4n) is 1.20. The number of rotatable bonds is 1. The van der Waals surface area contributed by atoms with Gasteiger partial charge in [0, 0.05) is 6.07 Å². The molecule has 0 unspecified atom stereocenters. The Morgan fingerprint density at radius 3 is 3.07 bits per heavy atom. The second kappa shape index (κ2) is 3.39. The minimum absolute atomic E-state index is 0.122. The highest BCUT2D eigenvalue weighted by Crippen LogP contribution is 2.12. The van der Waals surface area contributed by atoms with Crippen LogP contribution in [0.5, 0.6) is 0 Å². The monoisotopic (exact) mass is 198 g/mol. The van der Waals surface area contributed by atoms with Crippen LogP contribution in [0.2, 0.25) is 0 Å². The standard InChI is InChI=1S/C8H10N2O4/c1-5-2-7(14-9-5)8(12)10-3-6(11)4-13-10/h2,6,11H,3-4H2,1H3/t6-/m0/s1. The SMILES string of the molecule is Cc1cc(C(=O)N2C[C@H](O)CO2)on1. The third-order valence-corrected chi connectivity index (χ3v) is 1.86. The minimum atomic E-state index is -0.622. The third-order valence-electron chi connectivity index (χ3n) is 1.86. The van der Waals surface area contributed by atoms with E-state index in [4.69, 9.17) is 14.5 Å². The molecule has 1 amide bonds. The van der Waals surface area contributed by atoms with Crippen LogP contribution in [0.1, 0.15) is 16.2 Å². The Bertz CT molecular complexity index is 349. The van der Waals surface area contributed by atoms with Crippen molar-refractivity contribution >= 4 is 5.91 Å². The number of aryl methyl sites for hydroxylation is 1. The van der Waals surface area contributed by atoms with Crippen molar-refractivity contribution in [3.63, 3.8) is 0 Å². The highest BCUT2D eigenvalue weighted by atomic mass is 16.7. The molecule has 76 valence electrons. The Balaban J connectivity index is 2.09. The zero-order chi connectivity index (χ0) is 10.1. The molecule has 1 aromatic heterocycles. The smallest absolute Gasteiger partial charge is 0.316 e. The molecule has 1 atom stereocenters. The second-order valence-corrected chi connectivity index (χ2v) is 3.15. The number of aliphatic hydroxyl groups excluding tert-OH is 1. The number of aromatic nitrogens is 1. The predicted molar refractivity (Wildman–Crippen MR) is 44.2 cm³/mol. The molecule has 0 aromatic carbocycles. The van der Waals surface area contributed by atoms with E-state index in [2.05, 4.69) is 5.16 Å². The first-order chi connectivity index (χ1) is 6.66. The van der Waals surface area contributed by atoms with Gasteiger partial charge in [0.05, 0.1) is 12.2 Å². The molecule has 0 radical (unpaired) electrons. The van der Waals surface area contributed by atoms with E-state index in [1.807, 2.05) is 0 Å². The van der Waals surface area contributed by atoms with Gasteiger partial charge in [0.1, 0.15) is 12.7 Å². The summed E-state index contributed by atoms with van der Waals surface area (Å²) in [4.78, 5) is 16.5. The van der Waals surface area contributed by atoms with Gasteiger partial charge in [-0.1, -0.05) is 5.16 Å². The fourth-order valence-corrected chi connectivity index (χ4v) is 1.20. The Morgan fingerprint density at radius 2 is 2.57 bits per heavy atom. The topological polar surface area (TPSA) is 75.8 Å². The van der Waals surface area contributed by atoms with Crippen molar-refractivity contribution in [3.05, 3.63) is 17.5 Å². The predicted octanol–water partition coefficient (Wildman–Crippen LogP) is -0.269. The summed E-state index contributed by atoms with van der Waals surface area (Å²) in [6.45, 7) is 2.03. The summed E-state index contributed by atoms with van der Waals surface area (Å²) in [6.07, 6.45) is -0.622. The first-order valence-electron chi connectivity index (χ1n) is 4.23. The van der Waals surface area contributed by atoms with Gasteiger partial charge >= 0.3 is 5.91 Å². The Hall–Kier alpha value is -1.40. The Labute approximate surface area is 80.0 Å². The third kappa shape index (κ3) is 1.61. The molecule has 6 heteroatoms. The molecule has 2 rings (SSSR count). The molecule has 14 heavy (non-hydrogen) atoms. The van der Waals surface area contributed by atoms with Gasteiger partial charge in [-0.3, -0.25) is 9.63 Å². The maximum Gasteiger partial charge on any atom is 0.316 e. The second-order valence-electron chi connectivity index (χ2n) is 3.15. The van der Waals surface area contributed by atoms with E-state index in [0.29, 0.717) is 5.69 Å². The summed E-state index contributed by atoms with van der Waals surface area (Å²) in [5.41, 5.74) is 0.632. The number of amides is 1. The largest absolute Gasteiger partial charge is 0.389 e. The van der Waals surface area contributed by atoms with Crippen LogP contribution in [-0.2, 0) is 4.84 Å². The molecule has 1 aliphatic heterocycles. The molecule has 0 saturated carbocycles. The molecule has 1 N–H and O–H groups in total. The van der Waals surface area contributed by atoms with Gasteiger partial charge in [0.15, 0.2) is 0 Å². The van der Waals surface area contributed by atoms with Crippen molar-refractivity contribution in [2.45, 2.75) is 13.0 Å². The molecule has 1 aliphatic rings. The van der Waals surface area contributed by atoms with Crippen LogP contribution >= 0.6 is 0 Å². The number of nitrogens with zero attached hydrogens (tertiary/aromatic N) is 2. The van der Waals surface area contributed by atoms with E-state index in [0.717, 1.165) is 5.06 Å². The van der Waals surface area contributed by atoms with Crippen LogP contribution in [0.3, 0.4) is 0 Å². The van der Waals surface area contributed by atoms with Crippen LogP contribution in [0, 0.1) is 6.92 Å². The van der Waals surface area contributed by atoms with Crippen molar-refractivity contribution in [1.82, 2.24) is 10.2 Å². The quantitative estimate of drug-likeness (QED) is 0.672. The first kappa shape index (κ1) is 9.17. The summed E-state index contributed by atoms with van der Waals surface area (Å²) in [5, 5.41) is 13.8. The molecule has 1 aromatic rings. The number of carbonyl (C=O) groups is 1. The van der Waals surface area contributed by atoms with Crippen LogP contribution in [0.4, 0.5) is 0 Å². The molecule has 0 aliphatic carbocycles. The first-order valence-corrected chi connectivity index (χ1v) is 4.23. The fraction of sp³-hybridized carbons (Fsp3) is 0.500. The van der Waals surface area contributed by atoms with Crippen LogP contribution < -0.4 is 0 Å². The van der Waals surface area contributed by atoms with Crippen molar-refractivity contribution in [1.29, 1.82) is 0 Å². The van der Waals surface area contributed by atoms with Crippen molar-refractivity contribution in [3.8, 4) is 0 Å². The lowest BCUT2D eigenvalue weighted by atomic mass is 10.3. The zero-order valence-corrected chi connectivity index (χ0v) is 7.64. The van der Waals surface area contributed by atoms with Crippen molar-refractivity contribution < 1.29 is 19.3 Å². The highest BCUT2D eigenvalue weighted by molar-refractivity contribution is 5.90. The Morgan fingerprint density at radius 1 is 1.79 bits per heavy atom. The van der Waals surface area contributed by atoms with Crippen LogP contribution in [0.25, 0.3) is 0 Å². The molecular weight excluding hydrogens is 188 g/mol. The highest BCUT2D eigenvalue weighted by Gasteiger charge is 2.29. The zero-order valence-electron chi connectivity index (χ0n) is 7.64. The summed E-state index contributed by atoms with van der Waals surface area (Å²) >= 11 is 0. The normalized spacial score (nSPS) is 21.6. The Kier molecular flexibility index (Phi) is 2.22. The van der Waals surface area contributed by atoms with Gasteiger partial charge in [-0.05, 0) is 6.92 Å². The molecular formula is C8H10N2O4. The maximum atomic E-state index is 11.6. The number of β-amino-alcohol motifs (C(OH)–C–C–N with tert-alkyl or cyclic N) is 1. The number of hydrogen-bond acceptors (Lipinski definition) is 5. The van der Waals surface area contributed by atoms with Crippen LogP contribution in [-0.4, -0.2) is 40.5 Å². The number of carbonyl (C=O) groups excluding carboxylic acids is 1. The van der Waals surface area contributed by atoms with E-state index < -0.39 is 12.0 Å². The van der Waals surface area contributed by atoms with E-state index in [-0.39, 0.29) is 18.9 Å². The van der Waals surface area contributed by atoms with Crippen LogP contribution in [0.15, 0.2) is 10.6 Å². The van der Waals surface area contributed by atoms with Gasteiger partial charge in [-0.2, -0.15) is 0 Å². The average molecular weight is 198 g/mol. The lowest BCUT2D eigenvalue weighted by molar-refractivity contribution is -0.0798. The van der Waals surface area contributed by atoms with E-state index in [9.17, 15) is 4.79 Å². The number of aliphatic hydroxyl groups is 1. The summed E-state index contributed by atoms with van der Waals surface area (Å²) in [5.74, 6) is -0.293. The lowest BCUT2D eigenvalue weighted by Gasteiger charge is -2.10.